The van der Waals surface area contributed by atoms with Gasteiger partial charge in [0.05, 0.1) is 6.10 Å². The molecule has 2 rings (SSSR count). The van der Waals surface area contributed by atoms with Crippen LogP contribution in [-0.2, 0) is 6.18 Å². The van der Waals surface area contributed by atoms with E-state index in [-0.39, 0.29) is 16.6 Å². The third-order valence-corrected chi connectivity index (χ3v) is 4.12. The minimum absolute atomic E-state index is 0.0380. The first-order valence-corrected chi connectivity index (χ1v) is 6.60. The second-order valence-corrected chi connectivity index (χ2v) is 5.45. The normalized spacial score (nSPS) is 25.6. The number of hydrogen-bond acceptors (Lipinski definition) is 2. The van der Waals surface area contributed by atoms with E-state index in [1.54, 1.807) is 0 Å². The molecule has 0 aromatic carbocycles. The van der Waals surface area contributed by atoms with Gasteiger partial charge >= 0.3 is 6.18 Å². The summed E-state index contributed by atoms with van der Waals surface area (Å²) >= 11 is 5.79. The van der Waals surface area contributed by atoms with E-state index in [9.17, 15) is 18.3 Å². The van der Waals surface area contributed by atoms with E-state index in [0.717, 1.165) is 25.3 Å². The minimum atomic E-state index is -4.52. The van der Waals surface area contributed by atoms with Crippen LogP contribution in [0.5, 0.6) is 0 Å². The Bertz CT molecular complexity index is 464. The van der Waals surface area contributed by atoms with Gasteiger partial charge in [0, 0.05) is 5.56 Å². The first kappa shape index (κ1) is 14.6. The number of nitrogens with zero attached hydrogens (tertiary/aromatic N) is 1. The lowest BCUT2D eigenvalue weighted by Gasteiger charge is -2.23. The van der Waals surface area contributed by atoms with E-state index in [1.807, 2.05) is 6.92 Å². The Kier molecular flexibility index (Phi) is 4.06. The highest BCUT2D eigenvalue weighted by Gasteiger charge is 2.35. The van der Waals surface area contributed by atoms with Crippen LogP contribution >= 0.6 is 11.6 Å². The van der Waals surface area contributed by atoms with Crippen molar-refractivity contribution in [2.75, 3.05) is 0 Å². The molecule has 0 amide bonds. The third-order valence-electron chi connectivity index (χ3n) is 3.82. The van der Waals surface area contributed by atoms with Crippen molar-refractivity contribution in [1.82, 2.24) is 4.98 Å². The smallest absolute Gasteiger partial charge is 0.388 e. The molecule has 0 spiro atoms. The van der Waals surface area contributed by atoms with Gasteiger partial charge in [-0.05, 0) is 24.3 Å². The molecule has 2 nitrogen and oxygen atoms in total. The molecule has 3 atom stereocenters. The molecule has 1 N–H and O–H groups in total. The molecule has 1 aromatic heterocycles. The van der Waals surface area contributed by atoms with Crippen molar-refractivity contribution in [3.8, 4) is 0 Å². The summed E-state index contributed by atoms with van der Waals surface area (Å²) < 4.78 is 37.4. The Balaban J connectivity index is 2.26. The van der Waals surface area contributed by atoms with Crippen LogP contribution < -0.4 is 0 Å². The van der Waals surface area contributed by atoms with Crippen molar-refractivity contribution >= 4 is 11.6 Å². The van der Waals surface area contributed by atoms with Crippen LogP contribution in [0.25, 0.3) is 0 Å². The van der Waals surface area contributed by atoms with E-state index in [2.05, 4.69) is 4.98 Å². The number of rotatable bonds is 2. The van der Waals surface area contributed by atoms with Gasteiger partial charge in [0.1, 0.15) is 10.8 Å². The lowest BCUT2D eigenvalue weighted by Crippen LogP contribution is -2.17. The van der Waals surface area contributed by atoms with Gasteiger partial charge in [-0.3, -0.25) is 0 Å². The minimum Gasteiger partial charge on any atom is -0.388 e. The second-order valence-electron chi connectivity index (χ2n) is 5.09. The maximum absolute atomic E-state index is 12.5. The fourth-order valence-corrected chi connectivity index (χ4v) is 2.96. The average molecular weight is 294 g/mol. The van der Waals surface area contributed by atoms with E-state index >= 15 is 0 Å². The summed E-state index contributed by atoms with van der Waals surface area (Å²) in [6.07, 6.45) is -2.46. The summed E-state index contributed by atoms with van der Waals surface area (Å²) in [5, 5.41) is 10.00. The number of aliphatic hydroxyl groups excluding tert-OH is 1. The standard InChI is InChI=1S/C13H15ClF3NO/c1-7-3-2-4-8(7)11(19)9-5-6-10(13(15,16)17)18-12(9)14/h5-8,11,19H,2-4H2,1H3. The SMILES string of the molecule is CC1CCCC1C(O)c1ccc(C(F)(F)F)nc1Cl. The van der Waals surface area contributed by atoms with Crippen molar-refractivity contribution in [3.05, 3.63) is 28.5 Å². The predicted molar refractivity (Wildman–Crippen MR) is 65.7 cm³/mol. The molecule has 1 aromatic rings. The zero-order valence-electron chi connectivity index (χ0n) is 10.4. The van der Waals surface area contributed by atoms with Crippen LogP contribution in [-0.4, -0.2) is 10.1 Å². The summed E-state index contributed by atoms with van der Waals surface area (Å²) in [6.45, 7) is 2.03. The predicted octanol–water partition coefficient (Wildman–Crippen LogP) is 4.22. The van der Waals surface area contributed by atoms with Crippen LogP contribution in [0.1, 0.15) is 43.5 Å². The maximum Gasteiger partial charge on any atom is 0.433 e. The Labute approximate surface area is 114 Å². The zero-order valence-corrected chi connectivity index (χ0v) is 11.2. The van der Waals surface area contributed by atoms with Gasteiger partial charge in [0.2, 0.25) is 0 Å². The summed E-state index contributed by atoms with van der Waals surface area (Å²) in [5.74, 6) is 0.379. The molecule has 0 radical (unpaired) electrons. The molecule has 1 fully saturated rings. The molecule has 1 aliphatic rings. The average Bonchev–Trinajstić information content (AvgIpc) is 2.73. The van der Waals surface area contributed by atoms with Crippen LogP contribution in [0.3, 0.4) is 0 Å². The third kappa shape index (κ3) is 3.03. The summed E-state index contributed by atoms with van der Waals surface area (Å²) in [5.41, 5.74) is -0.749. The van der Waals surface area contributed by atoms with Crippen molar-refractivity contribution in [1.29, 1.82) is 0 Å². The monoisotopic (exact) mass is 293 g/mol. The molecule has 3 unspecified atom stereocenters. The van der Waals surface area contributed by atoms with E-state index in [1.165, 1.54) is 6.07 Å². The fraction of sp³-hybridized carbons (Fsp3) is 0.615. The number of halogens is 4. The lowest BCUT2D eigenvalue weighted by molar-refractivity contribution is -0.141. The van der Waals surface area contributed by atoms with E-state index in [4.69, 9.17) is 11.6 Å². The highest BCUT2D eigenvalue weighted by atomic mass is 35.5. The summed E-state index contributed by atoms with van der Waals surface area (Å²) in [4.78, 5) is 3.34. The van der Waals surface area contributed by atoms with E-state index < -0.39 is 18.0 Å². The van der Waals surface area contributed by atoms with Gasteiger partial charge in [-0.2, -0.15) is 13.2 Å². The quantitative estimate of drug-likeness (QED) is 0.828. The molecule has 0 aliphatic heterocycles. The lowest BCUT2D eigenvalue weighted by atomic mass is 9.88. The van der Waals surface area contributed by atoms with Gasteiger partial charge in [-0.15, -0.1) is 0 Å². The van der Waals surface area contributed by atoms with Crippen LogP contribution in [0.2, 0.25) is 5.15 Å². The number of aromatic nitrogens is 1. The largest absolute Gasteiger partial charge is 0.433 e. The van der Waals surface area contributed by atoms with Gasteiger partial charge in [-0.1, -0.05) is 37.4 Å². The fourth-order valence-electron chi connectivity index (χ4n) is 2.70. The molecule has 19 heavy (non-hydrogen) atoms. The number of hydrogen-bond donors (Lipinski definition) is 1. The zero-order chi connectivity index (χ0) is 14.2. The van der Waals surface area contributed by atoms with Crippen molar-refractivity contribution in [2.24, 2.45) is 11.8 Å². The molecule has 0 saturated heterocycles. The molecule has 1 heterocycles. The highest BCUT2D eigenvalue weighted by molar-refractivity contribution is 6.30. The summed E-state index contributed by atoms with van der Waals surface area (Å²) in [7, 11) is 0. The Morgan fingerprint density at radius 3 is 2.53 bits per heavy atom. The van der Waals surface area contributed by atoms with Gasteiger partial charge in [0.15, 0.2) is 0 Å². The number of pyridine rings is 1. The van der Waals surface area contributed by atoms with Crippen molar-refractivity contribution in [3.63, 3.8) is 0 Å². The Hall–Kier alpha value is -0.810. The number of aliphatic hydroxyl groups is 1. The molecule has 1 saturated carbocycles. The van der Waals surface area contributed by atoms with Gasteiger partial charge in [-0.25, -0.2) is 4.98 Å². The van der Waals surface area contributed by atoms with Crippen molar-refractivity contribution in [2.45, 2.75) is 38.5 Å². The Morgan fingerprint density at radius 2 is 2.05 bits per heavy atom. The first-order chi connectivity index (χ1) is 8.80. The molecule has 1 aliphatic carbocycles. The highest BCUT2D eigenvalue weighted by Crippen LogP contribution is 2.42. The molecule has 106 valence electrons. The number of alkyl halides is 3. The van der Waals surface area contributed by atoms with Gasteiger partial charge in [0.25, 0.3) is 0 Å². The Morgan fingerprint density at radius 1 is 1.37 bits per heavy atom. The molecule has 0 bridgehead atoms. The van der Waals surface area contributed by atoms with E-state index in [0.29, 0.717) is 5.92 Å². The van der Waals surface area contributed by atoms with Crippen LogP contribution in [0.15, 0.2) is 12.1 Å². The second kappa shape index (κ2) is 5.29. The van der Waals surface area contributed by atoms with Crippen molar-refractivity contribution < 1.29 is 18.3 Å². The van der Waals surface area contributed by atoms with Crippen LogP contribution in [0, 0.1) is 11.8 Å². The van der Waals surface area contributed by atoms with Gasteiger partial charge < -0.3 is 5.11 Å². The first-order valence-electron chi connectivity index (χ1n) is 6.22. The molecular formula is C13H15ClF3NO. The molecule has 6 heteroatoms. The summed E-state index contributed by atoms with van der Waals surface area (Å²) in [6, 6.07) is 2.10. The topological polar surface area (TPSA) is 33.1 Å². The molecular weight excluding hydrogens is 279 g/mol. The maximum atomic E-state index is 12.5. The van der Waals surface area contributed by atoms with Crippen LogP contribution in [0.4, 0.5) is 13.2 Å².